The van der Waals surface area contributed by atoms with Crippen LogP contribution < -0.4 is 4.74 Å². The van der Waals surface area contributed by atoms with E-state index in [1.165, 1.54) is 18.1 Å². The predicted octanol–water partition coefficient (Wildman–Crippen LogP) is 4.00. The third-order valence-electron chi connectivity index (χ3n) is 3.43. The zero-order valence-corrected chi connectivity index (χ0v) is 14.8. The molecule has 7 heteroatoms. The van der Waals surface area contributed by atoms with Gasteiger partial charge in [-0.1, -0.05) is 22.9 Å². The molecular weight excluding hydrogens is 370 g/mol. The molecule has 1 saturated heterocycles. The fourth-order valence-corrected chi connectivity index (χ4v) is 3.42. The van der Waals surface area contributed by atoms with Crippen molar-refractivity contribution in [3.05, 3.63) is 27.1 Å². The van der Waals surface area contributed by atoms with Gasteiger partial charge in [0.2, 0.25) is 0 Å². The number of carbonyl (C=O) groups is 2. The Bertz CT molecular complexity index is 659. The van der Waals surface area contributed by atoms with Crippen molar-refractivity contribution in [3.8, 4) is 11.5 Å². The van der Waals surface area contributed by atoms with Gasteiger partial charge in [-0.25, -0.2) is 0 Å². The lowest BCUT2D eigenvalue weighted by molar-refractivity contribution is -0.124. The fraction of sp³-hybridized carbons (Fsp3) is 0.333. The molecule has 0 spiro atoms. The van der Waals surface area contributed by atoms with Crippen LogP contribution in [0.4, 0.5) is 4.79 Å². The number of hydrogen-bond donors (Lipinski definition) is 1. The van der Waals surface area contributed by atoms with Gasteiger partial charge in [0.25, 0.3) is 11.1 Å². The first-order chi connectivity index (χ1) is 10.4. The second-order valence-corrected chi connectivity index (χ2v) is 6.76. The van der Waals surface area contributed by atoms with Gasteiger partial charge in [-0.2, -0.15) is 0 Å². The summed E-state index contributed by atoms with van der Waals surface area (Å²) in [4.78, 5) is 25.9. The summed E-state index contributed by atoms with van der Waals surface area (Å²) < 4.78 is 5.78. The monoisotopic (exact) mass is 385 g/mol. The number of carbonyl (C=O) groups excluding carboxylic acids is 2. The summed E-state index contributed by atoms with van der Waals surface area (Å²) in [6.45, 7) is 3.75. The molecule has 5 nitrogen and oxygen atoms in total. The lowest BCUT2D eigenvalue weighted by atomic mass is 10.1. The minimum absolute atomic E-state index is 0.0685. The molecule has 1 fully saturated rings. The summed E-state index contributed by atoms with van der Waals surface area (Å²) in [5.74, 6) is -0.106. The van der Waals surface area contributed by atoms with Crippen molar-refractivity contribution in [1.29, 1.82) is 0 Å². The molecule has 2 rings (SSSR count). The summed E-state index contributed by atoms with van der Waals surface area (Å²) in [7, 11) is 1.45. The summed E-state index contributed by atoms with van der Waals surface area (Å²) in [5.41, 5.74) is 0.417. The van der Waals surface area contributed by atoms with E-state index >= 15 is 0 Å². The van der Waals surface area contributed by atoms with E-state index in [-0.39, 0.29) is 22.9 Å². The first kappa shape index (κ1) is 16.9. The Morgan fingerprint density at radius 2 is 2.14 bits per heavy atom. The quantitative estimate of drug-likeness (QED) is 0.793. The smallest absolute Gasteiger partial charge is 0.293 e. The van der Waals surface area contributed by atoms with E-state index in [0.29, 0.717) is 27.1 Å². The Labute approximate surface area is 141 Å². The first-order valence-corrected chi connectivity index (χ1v) is 8.33. The Morgan fingerprint density at radius 3 is 2.73 bits per heavy atom. The van der Waals surface area contributed by atoms with Crippen molar-refractivity contribution in [2.45, 2.75) is 26.3 Å². The number of halogens is 1. The third-order valence-corrected chi connectivity index (χ3v) is 4.77. The van der Waals surface area contributed by atoms with Gasteiger partial charge < -0.3 is 9.84 Å². The van der Waals surface area contributed by atoms with E-state index in [1.54, 1.807) is 12.1 Å². The summed E-state index contributed by atoms with van der Waals surface area (Å²) in [6.07, 6.45) is 2.21. The van der Waals surface area contributed by atoms with Gasteiger partial charge >= 0.3 is 0 Å². The van der Waals surface area contributed by atoms with Crippen LogP contribution in [0.5, 0.6) is 11.5 Å². The largest absolute Gasteiger partial charge is 0.504 e. The van der Waals surface area contributed by atoms with Crippen molar-refractivity contribution < 1.29 is 19.4 Å². The zero-order valence-electron chi connectivity index (χ0n) is 12.4. The van der Waals surface area contributed by atoms with Crippen LogP contribution in [0.1, 0.15) is 25.8 Å². The van der Waals surface area contributed by atoms with E-state index in [2.05, 4.69) is 15.9 Å². The molecule has 0 unspecified atom stereocenters. The second-order valence-electron chi connectivity index (χ2n) is 4.85. The molecule has 1 atom stereocenters. The van der Waals surface area contributed by atoms with Crippen molar-refractivity contribution in [2.24, 2.45) is 0 Å². The highest BCUT2D eigenvalue weighted by Crippen LogP contribution is 2.39. The Hall–Kier alpha value is -1.47. The number of amides is 2. The van der Waals surface area contributed by atoms with Gasteiger partial charge in [0.05, 0.1) is 12.0 Å². The molecule has 118 valence electrons. The van der Waals surface area contributed by atoms with Crippen LogP contribution in [-0.4, -0.2) is 34.3 Å². The summed E-state index contributed by atoms with van der Waals surface area (Å²) >= 11 is 4.20. The molecule has 0 bridgehead atoms. The second kappa shape index (κ2) is 6.75. The van der Waals surface area contributed by atoms with Crippen molar-refractivity contribution in [2.75, 3.05) is 7.11 Å². The number of thioether (sulfide) groups is 1. The molecule has 1 aromatic carbocycles. The number of rotatable bonds is 4. The molecule has 1 N–H and O–H groups in total. The Kier molecular flexibility index (Phi) is 5.18. The number of hydrogen-bond acceptors (Lipinski definition) is 5. The molecule has 0 aliphatic carbocycles. The average molecular weight is 386 g/mol. The van der Waals surface area contributed by atoms with Crippen LogP contribution in [0.3, 0.4) is 0 Å². The van der Waals surface area contributed by atoms with Gasteiger partial charge in [0.15, 0.2) is 11.5 Å². The normalized spacial score (nSPS) is 18.2. The molecule has 1 aliphatic rings. The van der Waals surface area contributed by atoms with E-state index in [0.717, 1.165) is 11.8 Å². The van der Waals surface area contributed by atoms with E-state index < -0.39 is 0 Å². The number of nitrogens with zero attached hydrogens (tertiary/aromatic N) is 1. The first-order valence-electron chi connectivity index (χ1n) is 6.72. The average Bonchev–Trinajstić information content (AvgIpc) is 2.76. The van der Waals surface area contributed by atoms with Crippen LogP contribution >= 0.6 is 27.7 Å². The lowest BCUT2D eigenvalue weighted by Crippen LogP contribution is -2.36. The van der Waals surface area contributed by atoms with Crippen molar-refractivity contribution in [1.82, 2.24) is 4.90 Å². The fourth-order valence-electron chi connectivity index (χ4n) is 2.04. The highest BCUT2D eigenvalue weighted by molar-refractivity contribution is 9.10. The highest BCUT2D eigenvalue weighted by atomic mass is 79.9. The molecule has 0 radical (unpaired) electrons. The molecule has 1 aromatic rings. The number of imide groups is 1. The summed E-state index contributed by atoms with van der Waals surface area (Å²) in [6, 6.07) is 3.14. The molecule has 1 aliphatic heterocycles. The van der Waals surface area contributed by atoms with E-state index in [9.17, 15) is 14.7 Å². The maximum Gasteiger partial charge on any atom is 0.293 e. The summed E-state index contributed by atoms with van der Waals surface area (Å²) in [5, 5.41) is 9.85. The molecule has 0 saturated carbocycles. The minimum atomic E-state index is -0.331. The molecule has 1 heterocycles. The van der Waals surface area contributed by atoms with Gasteiger partial charge in [0, 0.05) is 16.1 Å². The number of aromatic hydroxyl groups is 1. The number of phenols is 1. The van der Waals surface area contributed by atoms with Gasteiger partial charge in [-0.15, -0.1) is 0 Å². The van der Waals surface area contributed by atoms with Crippen molar-refractivity contribution >= 4 is 44.9 Å². The minimum Gasteiger partial charge on any atom is -0.504 e. The van der Waals surface area contributed by atoms with Gasteiger partial charge in [0.1, 0.15) is 0 Å². The van der Waals surface area contributed by atoms with Gasteiger partial charge in [-0.05, 0) is 43.3 Å². The Morgan fingerprint density at radius 1 is 1.45 bits per heavy atom. The van der Waals surface area contributed by atoms with Crippen LogP contribution in [0.25, 0.3) is 6.08 Å². The molecule has 22 heavy (non-hydrogen) atoms. The number of benzene rings is 1. The van der Waals surface area contributed by atoms with Crippen LogP contribution in [0.2, 0.25) is 0 Å². The lowest BCUT2D eigenvalue weighted by Gasteiger charge is -2.19. The highest BCUT2D eigenvalue weighted by Gasteiger charge is 2.37. The van der Waals surface area contributed by atoms with Crippen LogP contribution in [0.15, 0.2) is 21.5 Å². The molecule has 0 aromatic heterocycles. The Balaban J connectivity index is 2.41. The van der Waals surface area contributed by atoms with E-state index in [4.69, 9.17) is 4.74 Å². The van der Waals surface area contributed by atoms with Crippen LogP contribution in [0, 0.1) is 0 Å². The predicted molar refractivity (Wildman–Crippen MR) is 89.9 cm³/mol. The SMILES string of the molecule is CC[C@@H](C)N1C(=O)S/C(=C/c2cc(Br)cc(OC)c2O)C1=O. The maximum absolute atomic E-state index is 12.4. The molecular formula is C15H16BrNO4S. The molecule has 2 amide bonds. The third kappa shape index (κ3) is 3.15. The zero-order chi connectivity index (χ0) is 16.4. The number of methoxy groups -OCH3 is 1. The standard InChI is InChI=1S/C15H16BrNO4S/c1-4-8(2)17-14(19)12(22-15(17)20)6-9-5-10(16)7-11(21-3)13(9)18/h5-8,18H,4H2,1-3H3/b12-6+/t8-/m1/s1. The maximum atomic E-state index is 12.4. The van der Waals surface area contributed by atoms with Crippen LogP contribution in [-0.2, 0) is 4.79 Å². The number of ether oxygens (including phenoxy) is 1. The van der Waals surface area contributed by atoms with Crippen molar-refractivity contribution in [3.63, 3.8) is 0 Å². The van der Waals surface area contributed by atoms with E-state index in [1.807, 2.05) is 13.8 Å². The topological polar surface area (TPSA) is 66.8 Å². The van der Waals surface area contributed by atoms with Gasteiger partial charge in [-0.3, -0.25) is 14.5 Å². The number of phenolic OH excluding ortho intramolecular Hbond substituents is 1.